The molecule has 2 nitrogen and oxygen atoms in total. The zero-order valence-corrected chi connectivity index (χ0v) is 11.0. The summed E-state index contributed by atoms with van der Waals surface area (Å²) in [4.78, 5) is 9.39. The molecule has 0 saturated heterocycles. The molecule has 3 unspecified atom stereocenters. The van der Waals surface area contributed by atoms with E-state index in [9.17, 15) is 0 Å². The number of rotatable bonds is 2. The Kier molecular flexibility index (Phi) is 2.61. The van der Waals surface area contributed by atoms with Crippen molar-refractivity contribution in [1.29, 1.82) is 0 Å². The molecule has 2 bridgehead atoms. The van der Waals surface area contributed by atoms with Crippen LogP contribution in [0.15, 0.2) is 42.6 Å². The van der Waals surface area contributed by atoms with Crippen molar-refractivity contribution in [1.82, 2.24) is 9.97 Å². The predicted molar refractivity (Wildman–Crippen MR) is 75.7 cm³/mol. The van der Waals surface area contributed by atoms with E-state index in [1.807, 2.05) is 18.3 Å². The summed E-state index contributed by atoms with van der Waals surface area (Å²) in [5, 5.41) is 0. The largest absolute Gasteiger partial charge is 0.241 e. The number of hydrogen-bond donors (Lipinski definition) is 0. The van der Waals surface area contributed by atoms with Gasteiger partial charge in [-0.05, 0) is 37.2 Å². The Morgan fingerprint density at radius 2 is 1.84 bits per heavy atom. The standard InChI is InChI=1S/C17H18N2/c1-2-4-13(5-3-1)16-8-9-18-17(19-16)15-11-12-6-7-14(15)10-12/h1-5,8-9,12,14-15H,6-7,10-11H2. The highest BCUT2D eigenvalue weighted by Gasteiger charge is 2.41. The second kappa shape index (κ2) is 4.44. The first-order chi connectivity index (χ1) is 9.40. The van der Waals surface area contributed by atoms with Gasteiger partial charge in [0.05, 0.1) is 5.69 Å². The summed E-state index contributed by atoms with van der Waals surface area (Å²) < 4.78 is 0. The molecule has 0 amide bonds. The van der Waals surface area contributed by atoms with Crippen LogP contribution in [0.3, 0.4) is 0 Å². The highest BCUT2D eigenvalue weighted by atomic mass is 14.9. The molecule has 1 heterocycles. The molecule has 0 radical (unpaired) electrons. The molecule has 3 atom stereocenters. The lowest BCUT2D eigenvalue weighted by molar-refractivity contribution is 0.405. The fourth-order valence-electron chi connectivity index (χ4n) is 3.88. The van der Waals surface area contributed by atoms with Crippen LogP contribution in [0.4, 0.5) is 0 Å². The number of hydrogen-bond acceptors (Lipinski definition) is 2. The Hall–Kier alpha value is -1.70. The first-order valence-electron chi connectivity index (χ1n) is 7.28. The van der Waals surface area contributed by atoms with Crippen LogP contribution >= 0.6 is 0 Å². The quantitative estimate of drug-likeness (QED) is 0.803. The molecule has 19 heavy (non-hydrogen) atoms. The summed E-state index contributed by atoms with van der Waals surface area (Å²) in [6.45, 7) is 0. The van der Waals surface area contributed by atoms with Gasteiger partial charge in [-0.1, -0.05) is 36.8 Å². The van der Waals surface area contributed by atoms with Crippen molar-refractivity contribution >= 4 is 0 Å². The van der Waals surface area contributed by atoms with Crippen LogP contribution in [0.25, 0.3) is 11.3 Å². The molecule has 2 saturated carbocycles. The summed E-state index contributed by atoms with van der Waals surface area (Å²) in [5.41, 5.74) is 2.25. The minimum Gasteiger partial charge on any atom is -0.241 e. The monoisotopic (exact) mass is 250 g/mol. The van der Waals surface area contributed by atoms with Gasteiger partial charge in [-0.3, -0.25) is 0 Å². The van der Waals surface area contributed by atoms with E-state index in [0.29, 0.717) is 5.92 Å². The van der Waals surface area contributed by atoms with Crippen LogP contribution in [0.2, 0.25) is 0 Å². The van der Waals surface area contributed by atoms with Gasteiger partial charge in [-0.15, -0.1) is 0 Å². The van der Waals surface area contributed by atoms with E-state index in [0.717, 1.165) is 23.4 Å². The third kappa shape index (κ3) is 1.95. The van der Waals surface area contributed by atoms with Crippen LogP contribution in [0, 0.1) is 11.8 Å². The summed E-state index contributed by atoms with van der Waals surface area (Å²) in [6, 6.07) is 12.4. The van der Waals surface area contributed by atoms with Crippen LogP contribution in [-0.2, 0) is 0 Å². The van der Waals surface area contributed by atoms with Gasteiger partial charge in [-0.2, -0.15) is 0 Å². The SMILES string of the molecule is c1ccc(-c2ccnc(C3CC4CCC3C4)n2)cc1. The molecule has 2 aliphatic rings. The van der Waals surface area contributed by atoms with Gasteiger partial charge in [0.1, 0.15) is 5.82 Å². The molecule has 1 aromatic heterocycles. The maximum Gasteiger partial charge on any atom is 0.132 e. The van der Waals surface area contributed by atoms with Crippen molar-refractivity contribution in [2.45, 2.75) is 31.6 Å². The molecule has 1 aromatic carbocycles. The first-order valence-corrected chi connectivity index (χ1v) is 7.28. The van der Waals surface area contributed by atoms with Crippen molar-refractivity contribution in [3.05, 3.63) is 48.4 Å². The second-order valence-corrected chi connectivity index (χ2v) is 5.95. The van der Waals surface area contributed by atoms with Gasteiger partial charge >= 0.3 is 0 Å². The Morgan fingerprint density at radius 1 is 0.947 bits per heavy atom. The maximum atomic E-state index is 4.83. The van der Waals surface area contributed by atoms with E-state index < -0.39 is 0 Å². The molecule has 2 fully saturated rings. The average Bonchev–Trinajstić information content (AvgIpc) is 3.11. The third-order valence-electron chi connectivity index (χ3n) is 4.81. The summed E-state index contributed by atoms with van der Waals surface area (Å²) in [7, 11) is 0. The number of fused-ring (bicyclic) bond motifs is 2. The normalized spacial score (nSPS) is 28.7. The highest BCUT2D eigenvalue weighted by molar-refractivity contribution is 5.58. The molecule has 0 N–H and O–H groups in total. The molecule has 96 valence electrons. The van der Waals surface area contributed by atoms with Crippen LogP contribution in [0.5, 0.6) is 0 Å². The molecule has 2 aromatic rings. The van der Waals surface area contributed by atoms with E-state index >= 15 is 0 Å². The Balaban J connectivity index is 1.68. The lowest BCUT2D eigenvalue weighted by atomic mass is 9.88. The van der Waals surface area contributed by atoms with E-state index in [2.05, 4.69) is 29.2 Å². The fraction of sp³-hybridized carbons (Fsp3) is 0.412. The first kappa shape index (κ1) is 11.2. The van der Waals surface area contributed by atoms with E-state index in [1.54, 1.807) is 0 Å². The van der Waals surface area contributed by atoms with Gasteiger partial charge < -0.3 is 0 Å². The van der Waals surface area contributed by atoms with Gasteiger partial charge in [0, 0.05) is 17.7 Å². The number of aromatic nitrogens is 2. The van der Waals surface area contributed by atoms with Gasteiger partial charge in [-0.25, -0.2) is 9.97 Å². The Labute approximate surface area is 113 Å². The van der Waals surface area contributed by atoms with Gasteiger partial charge in [0.2, 0.25) is 0 Å². The fourth-order valence-corrected chi connectivity index (χ4v) is 3.88. The van der Waals surface area contributed by atoms with Crippen molar-refractivity contribution in [2.24, 2.45) is 11.8 Å². The minimum atomic E-state index is 0.613. The Bertz CT molecular complexity index is 579. The lowest BCUT2D eigenvalue weighted by Crippen LogP contribution is -2.12. The van der Waals surface area contributed by atoms with E-state index in [-0.39, 0.29) is 0 Å². The van der Waals surface area contributed by atoms with Crippen molar-refractivity contribution in [2.75, 3.05) is 0 Å². The van der Waals surface area contributed by atoms with Gasteiger partial charge in [0.15, 0.2) is 0 Å². The van der Waals surface area contributed by atoms with Crippen LogP contribution in [0.1, 0.15) is 37.4 Å². The van der Waals surface area contributed by atoms with Crippen molar-refractivity contribution in [3.8, 4) is 11.3 Å². The molecule has 4 rings (SSSR count). The minimum absolute atomic E-state index is 0.613. The predicted octanol–water partition coefficient (Wildman–Crippen LogP) is 4.05. The third-order valence-corrected chi connectivity index (χ3v) is 4.81. The lowest BCUT2D eigenvalue weighted by Gasteiger charge is -2.20. The molecule has 0 aliphatic heterocycles. The topological polar surface area (TPSA) is 25.8 Å². The summed E-state index contributed by atoms with van der Waals surface area (Å²) in [5.74, 6) is 3.48. The van der Waals surface area contributed by atoms with E-state index in [1.165, 1.54) is 31.2 Å². The maximum absolute atomic E-state index is 4.83. The van der Waals surface area contributed by atoms with E-state index in [4.69, 9.17) is 4.98 Å². The number of nitrogens with zero attached hydrogens (tertiary/aromatic N) is 2. The van der Waals surface area contributed by atoms with Crippen molar-refractivity contribution < 1.29 is 0 Å². The summed E-state index contributed by atoms with van der Waals surface area (Å²) in [6.07, 6.45) is 7.46. The average molecular weight is 250 g/mol. The van der Waals surface area contributed by atoms with Crippen LogP contribution < -0.4 is 0 Å². The second-order valence-electron chi connectivity index (χ2n) is 5.95. The molecule has 0 spiro atoms. The smallest absolute Gasteiger partial charge is 0.132 e. The zero-order chi connectivity index (χ0) is 12.7. The molecular weight excluding hydrogens is 232 g/mol. The van der Waals surface area contributed by atoms with Gasteiger partial charge in [0.25, 0.3) is 0 Å². The van der Waals surface area contributed by atoms with Crippen molar-refractivity contribution in [3.63, 3.8) is 0 Å². The highest BCUT2D eigenvalue weighted by Crippen LogP contribution is 2.52. The molecular formula is C17H18N2. The van der Waals surface area contributed by atoms with Crippen LogP contribution in [-0.4, -0.2) is 9.97 Å². The molecule has 2 aliphatic carbocycles. The molecule has 2 heteroatoms. The zero-order valence-electron chi connectivity index (χ0n) is 11.0. The number of benzene rings is 1. The summed E-state index contributed by atoms with van der Waals surface area (Å²) >= 11 is 0. The Morgan fingerprint density at radius 3 is 2.58 bits per heavy atom.